The third-order valence-corrected chi connectivity index (χ3v) is 9.45. The van der Waals surface area contributed by atoms with E-state index < -0.39 is 23.0 Å². The molecule has 2 fully saturated rings. The summed E-state index contributed by atoms with van der Waals surface area (Å²) in [5.74, 6) is -0.517. The summed E-state index contributed by atoms with van der Waals surface area (Å²) >= 11 is 7.28. The van der Waals surface area contributed by atoms with Crippen LogP contribution in [0.3, 0.4) is 0 Å². The molecular weight excluding hydrogens is 538 g/mol. The number of aliphatic hydroxyl groups is 2. The number of thiocarbonyl (C=S) groups is 1. The zero-order chi connectivity index (χ0) is 27.7. The number of likely N-dealkylation sites (tertiary alicyclic amines) is 1. The van der Waals surface area contributed by atoms with Crippen molar-refractivity contribution >= 4 is 40.6 Å². The summed E-state index contributed by atoms with van der Waals surface area (Å²) in [5.41, 5.74) is 2.20. The van der Waals surface area contributed by atoms with Crippen LogP contribution in [-0.2, 0) is 16.1 Å². The molecule has 3 aliphatic heterocycles. The Hall–Kier alpha value is -2.83. The largest absolute Gasteiger partial charge is 0.477 e. The number of nitrogens with zero attached hydrogens (tertiary/aromatic N) is 3. The van der Waals surface area contributed by atoms with Gasteiger partial charge in [-0.1, -0.05) is 37.3 Å². The summed E-state index contributed by atoms with van der Waals surface area (Å²) in [7, 11) is 0. The van der Waals surface area contributed by atoms with Gasteiger partial charge in [0, 0.05) is 36.0 Å². The third-order valence-electron chi connectivity index (χ3n) is 7.61. The number of carbonyl (C=O) groups is 1. The number of non-ortho nitro benzene ring substituents is 1. The number of aliphatic hydroxyl groups excluding tert-OH is 2. The van der Waals surface area contributed by atoms with Crippen molar-refractivity contribution in [3.8, 4) is 0 Å². The summed E-state index contributed by atoms with van der Waals surface area (Å²) in [4.78, 5) is 28.5. The zero-order valence-corrected chi connectivity index (χ0v) is 23.1. The summed E-state index contributed by atoms with van der Waals surface area (Å²) in [5, 5.41) is 32.2. The fourth-order valence-corrected chi connectivity index (χ4v) is 7.46. The highest BCUT2D eigenvalue weighted by molar-refractivity contribution is 8.04. The number of carbonyl (C=O) groups excluding carboxylic acids is 1. The first-order valence-corrected chi connectivity index (χ1v) is 14.3. The SMILES string of the molecule is CC[C@H](O)[C@@H]1C(=O)N2C(C(=S)OCc3ccc([N+](=O)[O-])cc3)=C(C3CCN(C[C@@H](O)c4ccccc4)C3)S[C@H]12. The van der Waals surface area contributed by atoms with Gasteiger partial charge < -0.3 is 14.9 Å². The van der Waals surface area contributed by atoms with Crippen LogP contribution < -0.4 is 0 Å². The van der Waals surface area contributed by atoms with Gasteiger partial charge in [-0.15, -0.1) is 11.8 Å². The van der Waals surface area contributed by atoms with E-state index >= 15 is 0 Å². The second kappa shape index (κ2) is 11.7. The summed E-state index contributed by atoms with van der Waals surface area (Å²) in [6.45, 7) is 4.02. The Morgan fingerprint density at radius 2 is 1.92 bits per heavy atom. The van der Waals surface area contributed by atoms with Crippen molar-refractivity contribution in [1.82, 2.24) is 9.80 Å². The Bertz CT molecular complexity index is 1270. The first kappa shape index (κ1) is 27.7. The topological polar surface area (TPSA) is 116 Å². The lowest BCUT2D eigenvalue weighted by Crippen LogP contribution is -2.61. The number of hydrogen-bond acceptors (Lipinski definition) is 9. The third kappa shape index (κ3) is 5.59. The minimum Gasteiger partial charge on any atom is -0.477 e. The molecule has 5 rings (SSSR count). The van der Waals surface area contributed by atoms with Crippen LogP contribution in [0.15, 0.2) is 65.2 Å². The van der Waals surface area contributed by atoms with Crippen LogP contribution in [0.5, 0.6) is 0 Å². The summed E-state index contributed by atoms with van der Waals surface area (Å²) in [6, 6.07) is 15.7. The summed E-state index contributed by atoms with van der Waals surface area (Å²) in [6.07, 6.45) is 0.0317. The predicted octanol–water partition coefficient (Wildman–Crippen LogP) is 4.01. The molecule has 0 radical (unpaired) electrons. The molecule has 0 spiro atoms. The average molecular weight is 570 g/mol. The monoisotopic (exact) mass is 569 g/mol. The van der Waals surface area contributed by atoms with Crippen LogP contribution >= 0.6 is 24.0 Å². The van der Waals surface area contributed by atoms with Gasteiger partial charge in [-0.05, 0) is 54.9 Å². The molecule has 39 heavy (non-hydrogen) atoms. The molecule has 9 nitrogen and oxygen atoms in total. The number of hydrogen-bond donors (Lipinski definition) is 2. The number of amides is 1. The zero-order valence-electron chi connectivity index (χ0n) is 21.5. The highest BCUT2D eigenvalue weighted by Crippen LogP contribution is 2.54. The molecule has 1 amide bonds. The maximum Gasteiger partial charge on any atom is 0.269 e. The molecule has 0 bridgehead atoms. The fourth-order valence-electron chi connectivity index (χ4n) is 5.42. The Morgan fingerprint density at radius 1 is 1.21 bits per heavy atom. The molecular formula is C28H31N3O6S2. The smallest absolute Gasteiger partial charge is 0.269 e. The number of β-lactam (4-membered cyclic amide) rings is 1. The highest BCUT2D eigenvalue weighted by Gasteiger charge is 2.58. The number of fused-ring (bicyclic) bond motifs is 1. The van der Waals surface area contributed by atoms with E-state index in [9.17, 15) is 25.1 Å². The van der Waals surface area contributed by atoms with Crippen LogP contribution in [0.25, 0.3) is 0 Å². The molecule has 206 valence electrons. The molecule has 2 aromatic rings. The van der Waals surface area contributed by atoms with Crippen LogP contribution in [0.4, 0.5) is 5.69 Å². The van der Waals surface area contributed by atoms with Gasteiger partial charge in [0.25, 0.3) is 5.69 Å². The first-order chi connectivity index (χ1) is 18.8. The van der Waals surface area contributed by atoms with Gasteiger partial charge in [-0.2, -0.15) is 0 Å². The van der Waals surface area contributed by atoms with Gasteiger partial charge >= 0.3 is 0 Å². The van der Waals surface area contributed by atoms with Crippen molar-refractivity contribution in [3.63, 3.8) is 0 Å². The maximum atomic E-state index is 13.2. The minimum absolute atomic E-state index is 0.00349. The molecule has 2 N–H and O–H groups in total. The van der Waals surface area contributed by atoms with Gasteiger partial charge in [0.05, 0.1) is 23.0 Å². The quantitative estimate of drug-likeness (QED) is 0.189. The van der Waals surface area contributed by atoms with Crippen molar-refractivity contribution in [2.75, 3.05) is 19.6 Å². The van der Waals surface area contributed by atoms with Crippen LogP contribution in [0, 0.1) is 22.0 Å². The van der Waals surface area contributed by atoms with Crippen LogP contribution in [0.2, 0.25) is 0 Å². The maximum absolute atomic E-state index is 13.2. The molecule has 3 heterocycles. The Balaban J connectivity index is 1.32. The number of benzene rings is 2. The lowest BCUT2D eigenvalue weighted by molar-refractivity contribution is -0.384. The van der Waals surface area contributed by atoms with E-state index in [2.05, 4.69) is 4.90 Å². The molecule has 3 aliphatic rings. The van der Waals surface area contributed by atoms with E-state index in [0.29, 0.717) is 18.7 Å². The Morgan fingerprint density at radius 3 is 2.59 bits per heavy atom. The van der Waals surface area contributed by atoms with Gasteiger partial charge in [0.1, 0.15) is 17.7 Å². The molecule has 1 unspecified atom stereocenters. The average Bonchev–Trinajstić information content (AvgIpc) is 3.54. The molecule has 0 aromatic heterocycles. The van der Waals surface area contributed by atoms with Crippen LogP contribution in [0.1, 0.15) is 37.0 Å². The van der Waals surface area contributed by atoms with Crippen LogP contribution in [-0.4, -0.2) is 67.0 Å². The Kier molecular flexibility index (Phi) is 8.34. The standard InChI is InChI=1S/C28H31N3O6S2/c1-2-21(32)23-26(34)30-24(28(38)37-16-17-8-10-20(11-9-17)31(35)36)25(39-27(23)30)19-12-13-29(14-19)15-22(33)18-6-4-3-5-7-18/h3-11,19,21-23,27,32-33H,2,12-16H2,1H3/t19?,21-,22+,23+,27+/m0/s1. The first-order valence-electron chi connectivity index (χ1n) is 13.1. The normalized spacial score (nSPS) is 24.3. The van der Waals surface area contributed by atoms with E-state index in [0.717, 1.165) is 35.5 Å². The van der Waals surface area contributed by atoms with Gasteiger partial charge in [0.2, 0.25) is 11.0 Å². The van der Waals surface area contributed by atoms with E-state index in [1.54, 1.807) is 28.8 Å². The number of nitro benzene ring substituents is 1. The molecule has 0 aliphatic carbocycles. The number of β-amino-alcohol motifs (C(OH)–C–C–N with tert-alkyl or cyclic N) is 1. The van der Waals surface area contributed by atoms with Crippen molar-refractivity contribution < 1.29 is 24.7 Å². The molecule has 2 aromatic carbocycles. The predicted molar refractivity (Wildman–Crippen MR) is 151 cm³/mol. The second-order valence-electron chi connectivity index (χ2n) is 10.1. The minimum atomic E-state index is -0.720. The van der Waals surface area contributed by atoms with E-state index in [1.165, 1.54) is 12.1 Å². The lowest BCUT2D eigenvalue weighted by atomic mass is 9.89. The number of ether oxygens (including phenoxy) is 1. The molecule has 2 saturated heterocycles. The molecule has 11 heteroatoms. The van der Waals surface area contributed by atoms with Crippen molar-refractivity contribution in [3.05, 3.63) is 86.4 Å². The number of thioether (sulfide) groups is 1. The highest BCUT2D eigenvalue weighted by atomic mass is 32.2. The second-order valence-corrected chi connectivity index (χ2v) is 11.6. The van der Waals surface area contributed by atoms with Crippen molar-refractivity contribution in [2.24, 2.45) is 11.8 Å². The van der Waals surface area contributed by atoms with Crippen molar-refractivity contribution in [2.45, 2.75) is 44.0 Å². The Labute approximate surface area is 236 Å². The number of nitro groups is 1. The lowest BCUT2D eigenvalue weighted by Gasteiger charge is -2.44. The van der Waals surface area contributed by atoms with E-state index in [4.69, 9.17) is 17.0 Å². The number of rotatable bonds is 10. The van der Waals surface area contributed by atoms with E-state index in [1.807, 2.05) is 37.3 Å². The van der Waals surface area contributed by atoms with Gasteiger partial charge in [0.15, 0.2) is 0 Å². The van der Waals surface area contributed by atoms with Gasteiger partial charge in [-0.3, -0.25) is 24.7 Å². The summed E-state index contributed by atoms with van der Waals surface area (Å²) < 4.78 is 5.95. The molecule has 0 saturated carbocycles. The molecule has 5 atom stereocenters. The fraction of sp³-hybridized carbons (Fsp3) is 0.429. The van der Waals surface area contributed by atoms with Crippen molar-refractivity contribution in [1.29, 1.82) is 0 Å². The van der Waals surface area contributed by atoms with E-state index in [-0.39, 0.29) is 34.5 Å². The van der Waals surface area contributed by atoms with Gasteiger partial charge in [-0.25, -0.2) is 0 Å².